The molecule has 22 heavy (non-hydrogen) atoms. The van der Waals surface area contributed by atoms with Crippen LogP contribution >= 0.6 is 24.8 Å². The van der Waals surface area contributed by atoms with Crippen molar-refractivity contribution in [3.8, 4) is 5.75 Å². The van der Waals surface area contributed by atoms with Gasteiger partial charge in [-0.3, -0.25) is 0 Å². The SMILES string of the molecule is CC[C](CC)=[Ti]([O]c1cc(C)cc(C)c1)[C]1=CC=CC1.Cl.Cl. The number of benzene rings is 1. The van der Waals surface area contributed by atoms with Crippen molar-refractivity contribution in [2.45, 2.75) is 47.0 Å². The van der Waals surface area contributed by atoms with E-state index < -0.39 is 17.8 Å². The molecule has 0 aromatic heterocycles. The van der Waals surface area contributed by atoms with E-state index in [-0.39, 0.29) is 24.8 Å². The van der Waals surface area contributed by atoms with Gasteiger partial charge in [-0.15, -0.1) is 24.8 Å². The van der Waals surface area contributed by atoms with Gasteiger partial charge in [0.1, 0.15) is 0 Å². The monoisotopic (exact) mass is 376 g/mol. The van der Waals surface area contributed by atoms with Crippen molar-refractivity contribution in [1.29, 1.82) is 0 Å². The Morgan fingerprint density at radius 2 is 1.64 bits per heavy atom. The average molecular weight is 377 g/mol. The van der Waals surface area contributed by atoms with Gasteiger partial charge in [0.15, 0.2) is 0 Å². The van der Waals surface area contributed by atoms with E-state index in [0.717, 1.165) is 25.0 Å². The van der Waals surface area contributed by atoms with Crippen LogP contribution in [-0.4, -0.2) is 3.81 Å². The predicted molar refractivity (Wildman–Crippen MR) is 98.5 cm³/mol. The molecule has 1 aromatic rings. The summed E-state index contributed by atoms with van der Waals surface area (Å²) in [5.74, 6) is 1.06. The van der Waals surface area contributed by atoms with E-state index in [9.17, 15) is 0 Å². The van der Waals surface area contributed by atoms with E-state index >= 15 is 0 Å². The van der Waals surface area contributed by atoms with Crippen LogP contribution in [0.25, 0.3) is 0 Å². The molecule has 1 aromatic carbocycles. The molecule has 0 unspecified atom stereocenters. The molecule has 0 amide bonds. The van der Waals surface area contributed by atoms with Crippen molar-refractivity contribution in [3.05, 3.63) is 51.4 Å². The first kappa shape index (κ1) is 21.7. The number of allylic oxidation sites excluding steroid dienone is 4. The van der Waals surface area contributed by atoms with Gasteiger partial charge in [0.25, 0.3) is 0 Å². The van der Waals surface area contributed by atoms with Crippen LogP contribution in [0.5, 0.6) is 5.75 Å². The maximum atomic E-state index is 6.53. The van der Waals surface area contributed by atoms with Crippen molar-refractivity contribution in [2.24, 2.45) is 0 Å². The molecule has 4 heteroatoms. The van der Waals surface area contributed by atoms with E-state index in [1.54, 1.807) is 7.69 Å². The van der Waals surface area contributed by atoms with E-state index in [1.165, 1.54) is 11.1 Å². The van der Waals surface area contributed by atoms with Gasteiger partial charge < -0.3 is 0 Å². The Morgan fingerprint density at radius 1 is 1.05 bits per heavy atom. The van der Waals surface area contributed by atoms with Gasteiger partial charge in [-0.25, -0.2) is 0 Å². The zero-order valence-corrected chi connectivity index (χ0v) is 17.0. The first-order valence-corrected chi connectivity index (χ1v) is 9.68. The molecule has 0 bridgehead atoms. The molecule has 0 radical (unpaired) electrons. The zero-order chi connectivity index (χ0) is 14.5. The Balaban J connectivity index is 0.00000220. The predicted octanol–water partition coefficient (Wildman–Crippen LogP) is 5.90. The fraction of sp³-hybridized carbons (Fsp3) is 0.389. The molecule has 0 saturated carbocycles. The van der Waals surface area contributed by atoms with E-state index in [4.69, 9.17) is 3.32 Å². The molecule has 1 aliphatic rings. The smallest absolute Gasteiger partial charge is 0.147 e. The first-order chi connectivity index (χ1) is 9.63. The molecule has 0 N–H and O–H groups in total. The van der Waals surface area contributed by atoms with Gasteiger partial charge in [-0.2, -0.15) is 0 Å². The molecule has 1 aliphatic carbocycles. The van der Waals surface area contributed by atoms with Crippen LogP contribution in [0.3, 0.4) is 0 Å². The molecule has 0 saturated heterocycles. The van der Waals surface area contributed by atoms with E-state index in [0.29, 0.717) is 0 Å². The standard InChI is InChI=1S/C8H10O.C5H5.C5H10.2ClH.Ti/c1-6-3-7(2)5-8(9)4-6;1-2-4-5-3-1;1-3-5-4-2;;;/h3-5,9H,1-2H3;1-3H,4H2;3-4H2,1-2H3;2*1H;/q;;;;;+1/p-1. The maximum Gasteiger partial charge on any atom is -0.147 e. The molecular weight excluding hydrogens is 351 g/mol. The molecular formula is C18H26Cl2OTi. The second-order valence-electron chi connectivity index (χ2n) is 5.39. The molecule has 0 fully saturated rings. The van der Waals surface area contributed by atoms with Crippen LogP contribution in [0.15, 0.2) is 40.3 Å². The Morgan fingerprint density at radius 3 is 2.09 bits per heavy atom. The first-order valence-electron chi connectivity index (χ1n) is 7.48. The zero-order valence-electron chi connectivity index (χ0n) is 13.8. The van der Waals surface area contributed by atoms with Crippen LogP contribution < -0.4 is 3.32 Å². The minimum Gasteiger partial charge on any atom is -0.147 e. The number of hydrogen-bond donors (Lipinski definition) is 0. The van der Waals surface area contributed by atoms with Crippen LogP contribution in [-0.2, 0) is 17.8 Å². The topological polar surface area (TPSA) is 9.23 Å². The summed E-state index contributed by atoms with van der Waals surface area (Å²) in [7, 11) is 0. The van der Waals surface area contributed by atoms with Crippen molar-refractivity contribution in [2.75, 3.05) is 0 Å². The van der Waals surface area contributed by atoms with Crippen molar-refractivity contribution in [3.63, 3.8) is 0 Å². The van der Waals surface area contributed by atoms with Crippen LogP contribution in [0.2, 0.25) is 0 Å². The van der Waals surface area contributed by atoms with Gasteiger partial charge in [0.2, 0.25) is 0 Å². The van der Waals surface area contributed by atoms with Gasteiger partial charge in [0.05, 0.1) is 0 Å². The minimum absolute atomic E-state index is 0. The van der Waals surface area contributed by atoms with Gasteiger partial charge in [-0.05, 0) is 0 Å². The molecule has 0 heterocycles. The third-order valence-corrected chi connectivity index (χ3v) is 7.94. The third kappa shape index (κ3) is 5.70. The van der Waals surface area contributed by atoms with Crippen molar-refractivity contribution in [1.82, 2.24) is 0 Å². The van der Waals surface area contributed by atoms with Crippen molar-refractivity contribution < 1.29 is 21.1 Å². The second-order valence-corrected chi connectivity index (χ2v) is 8.84. The Labute approximate surface area is 153 Å². The Bertz CT molecular complexity index is 562. The summed E-state index contributed by atoms with van der Waals surface area (Å²) in [5.41, 5.74) is 2.57. The Hall–Kier alpha value is -0.336. The molecule has 122 valence electrons. The van der Waals surface area contributed by atoms with Crippen LogP contribution in [0.1, 0.15) is 44.2 Å². The van der Waals surface area contributed by atoms with Gasteiger partial charge in [0, 0.05) is 0 Å². The number of halogens is 2. The van der Waals surface area contributed by atoms with E-state index in [2.05, 4.69) is 64.1 Å². The molecule has 0 aliphatic heterocycles. The molecule has 1 nitrogen and oxygen atoms in total. The number of aryl methyl sites for hydroxylation is 2. The largest absolute Gasteiger partial charge is 0.147 e. The quantitative estimate of drug-likeness (QED) is 0.581. The summed E-state index contributed by atoms with van der Waals surface area (Å²) >= 11 is -1.77. The average Bonchev–Trinajstić information content (AvgIpc) is 2.91. The van der Waals surface area contributed by atoms with Crippen LogP contribution in [0.4, 0.5) is 0 Å². The summed E-state index contributed by atoms with van der Waals surface area (Å²) in [6.07, 6.45) is 10.1. The fourth-order valence-corrected chi connectivity index (χ4v) is 6.22. The molecule has 0 spiro atoms. The minimum atomic E-state index is -1.77. The number of hydrogen-bond acceptors (Lipinski definition) is 1. The normalized spacial score (nSPS) is 12.1. The number of rotatable bonds is 5. The Kier molecular flexibility index (Phi) is 10.3. The van der Waals surface area contributed by atoms with Crippen molar-refractivity contribution >= 4 is 28.6 Å². The van der Waals surface area contributed by atoms with E-state index in [1.807, 2.05) is 0 Å². The maximum absolute atomic E-state index is 6.53. The third-order valence-electron chi connectivity index (χ3n) is 3.65. The summed E-state index contributed by atoms with van der Waals surface area (Å²) < 4.78 is 9.71. The fourth-order valence-electron chi connectivity index (χ4n) is 2.66. The summed E-state index contributed by atoms with van der Waals surface area (Å²) in [6.45, 7) is 8.81. The molecule has 0 atom stereocenters. The summed E-state index contributed by atoms with van der Waals surface area (Å²) in [4.78, 5) is 0. The second kappa shape index (κ2) is 10.4. The summed E-state index contributed by atoms with van der Waals surface area (Å²) in [6, 6.07) is 6.55. The van der Waals surface area contributed by atoms with Gasteiger partial charge in [-0.1, -0.05) is 0 Å². The van der Waals surface area contributed by atoms with Crippen LogP contribution in [0, 0.1) is 13.8 Å². The summed E-state index contributed by atoms with van der Waals surface area (Å²) in [5, 5.41) is 0. The van der Waals surface area contributed by atoms with Gasteiger partial charge >= 0.3 is 129 Å². The molecule has 2 rings (SSSR count).